The molecule has 0 unspecified atom stereocenters. The third-order valence-electron chi connectivity index (χ3n) is 5.23. The largest absolute Gasteiger partial charge is 0.493 e. The summed E-state index contributed by atoms with van der Waals surface area (Å²) in [7, 11) is 3.06. The Balaban J connectivity index is 1.39. The van der Waals surface area contributed by atoms with Gasteiger partial charge in [-0.25, -0.2) is 9.78 Å². The van der Waals surface area contributed by atoms with Crippen molar-refractivity contribution in [2.24, 2.45) is 0 Å². The minimum absolute atomic E-state index is 0.406. The number of amides is 2. The lowest BCUT2D eigenvalue weighted by Gasteiger charge is -2.14. The van der Waals surface area contributed by atoms with E-state index in [1.807, 2.05) is 56.3 Å². The van der Waals surface area contributed by atoms with Gasteiger partial charge in [-0.3, -0.25) is 0 Å². The minimum atomic E-state index is -0.406. The third kappa shape index (κ3) is 6.20. The molecule has 0 aliphatic carbocycles. The molecule has 0 fully saturated rings. The Hall–Kier alpha value is -4.79. The molecule has 0 radical (unpaired) electrons. The van der Waals surface area contributed by atoms with Crippen molar-refractivity contribution in [3.8, 4) is 11.5 Å². The van der Waals surface area contributed by atoms with Crippen molar-refractivity contribution in [2.75, 3.05) is 35.5 Å². The molecule has 0 aliphatic rings. The standard InChI is InChI=1S/C27H28N6O3/c1-17-8-10-19(11-9-17)29-24-16-18(2)28-26(33-24)30-20-12-14-21(15-13-20)31-27(34)32-22-6-5-7-23(35-3)25(22)36-4/h5-16H,1-4H3,(H2,31,32,34)(H2,28,29,30,33). The topological polar surface area (TPSA) is 109 Å². The number of para-hydroxylation sites is 1. The Kier molecular flexibility index (Phi) is 7.50. The van der Waals surface area contributed by atoms with Gasteiger partial charge in [0.05, 0.1) is 19.9 Å². The smallest absolute Gasteiger partial charge is 0.323 e. The second-order valence-electron chi connectivity index (χ2n) is 8.03. The van der Waals surface area contributed by atoms with Crippen molar-refractivity contribution in [3.63, 3.8) is 0 Å². The van der Waals surface area contributed by atoms with Gasteiger partial charge in [0.2, 0.25) is 5.95 Å². The van der Waals surface area contributed by atoms with Crippen molar-refractivity contribution < 1.29 is 14.3 Å². The summed E-state index contributed by atoms with van der Waals surface area (Å²) in [6, 6.07) is 22.1. The fraction of sp³-hybridized carbons (Fsp3) is 0.148. The zero-order valence-corrected chi connectivity index (χ0v) is 20.5. The molecule has 9 heteroatoms. The van der Waals surface area contributed by atoms with Crippen LogP contribution in [0.2, 0.25) is 0 Å². The first-order valence-corrected chi connectivity index (χ1v) is 11.3. The summed E-state index contributed by atoms with van der Waals surface area (Å²) >= 11 is 0. The van der Waals surface area contributed by atoms with E-state index in [9.17, 15) is 4.79 Å². The molecular weight excluding hydrogens is 456 g/mol. The van der Waals surface area contributed by atoms with Gasteiger partial charge in [0.15, 0.2) is 11.5 Å². The molecule has 1 heterocycles. The highest BCUT2D eigenvalue weighted by Crippen LogP contribution is 2.34. The van der Waals surface area contributed by atoms with Crippen LogP contribution in [0.25, 0.3) is 0 Å². The summed E-state index contributed by atoms with van der Waals surface area (Å²) in [6.45, 7) is 3.96. The summed E-state index contributed by atoms with van der Waals surface area (Å²) in [6.07, 6.45) is 0. The second kappa shape index (κ2) is 11.1. The number of hydrogen-bond acceptors (Lipinski definition) is 7. The first kappa shape index (κ1) is 24.3. The predicted octanol–water partition coefficient (Wildman–Crippen LogP) is 6.24. The van der Waals surface area contributed by atoms with Crippen molar-refractivity contribution >= 4 is 40.5 Å². The lowest BCUT2D eigenvalue weighted by Crippen LogP contribution is -2.19. The van der Waals surface area contributed by atoms with Crippen LogP contribution in [0.5, 0.6) is 11.5 Å². The van der Waals surface area contributed by atoms with Crippen LogP contribution >= 0.6 is 0 Å². The Labute approximate surface area is 209 Å². The van der Waals surface area contributed by atoms with Crippen molar-refractivity contribution in [3.05, 3.63) is 84.1 Å². The maximum Gasteiger partial charge on any atom is 0.323 e. The van der Waals surface area contributed by atoms with Crippen LogP contribution in [0.15, 0.2) is 72.8 Å². The van der Waals surface area contributed by atoms with Gasteiger partial charge in [-0.05, 0) is 62.4 Å². The van der Waals surface area contributed by atoms with E-state index in [1.165, 1.54) is 12.7 Å². The molecule has 0 saturated carbocycles. The Bertz CT molecular complexity index is 1340. The summed E-state index contributed by atoms with van der Waals surface area (Å²) in [4.78, 5) is 21.5. The SMILES string of the molecule is COc1cccc(NC(=O)Nc2ccc(Nc3nc(C)cc(Nc4ccc(C)cc4)n3)cc2)c1OC. The van der Waals surface area contributed by atoms with E-state index in [1.54, 1.807) is 37.4 Å². The third-order valence-corrected chi connectivity index (χ3v) is 5.23. The number of nitrogens with zero attached hydrogens (tertiary/aromatic N) is 2. The molecule has 9 nitrogen and oxygen atoms in total. The normalized spacial score (nSPS) is 10.3. The lowest BCUT2D eigenvalue weighted by molar-refractivity contribution is 0.262. The van der Waals surface area contributed by atoms with E-state index in [-0.39, 0.29) is 0 Å². The number of ether oxygens (including phenoxy) is 2. The zero-order valence-electron chi connectivity index (χ0n) is 20.5. The molecule has 0 saturated heterocycles. The minimum Gasteiger partial charge on any atom is -0.493 e. The molecule has 4 N–H and O–H groups in total. The molecule has 184 valence electrons. The van der Waals surface area contributed by atoms with Crippen molar-refractivity contribution in [1.29, 1.82) is 0 Å². The van der Waals surface area contributed by atoms with E-state index in [0.29, 0.717) is 34.6 Å². The van der Waals surface area contributed by atoms with Crippen LogP contribution in [0.3, 0.4) is 0 Å². The van der Waals surface area contributed by atoms with Crippen molar-refractivity contribution in [1.82, 2.24) is 9.97 Å². The summed E-state index contributed by atoms with van der Waals surface area (Å²) < 4.78 is 10.6. The van der Waals surface area contributed by atoms with Crippen LogP contribution in [-0.4, -0.2) is 30.2 Å². The first-order chi connectivity index (χ1) is 17.4. The van der Waals surface area contributed by atoms with E-state index in [0.717, 1.165) is 17.1 Å². The lowest BCUT2D eigenvalue weighted by atomic mass is 10.2. The molecule has 3 aromatic carbocycles. The molecule has 4 rings (SSSR count). The molecule has 0 atom stereocenters. The summed E-state index contributed by atoms with van der Waals surface area (Å²) in [5.41, 5.74) is 4.86. The van der Waals surface area contributed by atoms with Crippen molar-refractivity contribution in [2.45, 2.75) is 13.8 Å². The van der Waals surface area contributed by atoms with Crippen LogP contribution in [-0.2, 0) is 0 Å². The molecule has 0 bridgehead atoms. The molecule has 0 aliphatic heterocycles. The van der Waals surface area contributed by atoms with Gasteiger partial charge in [0, 0.05) is 28.8 Å². The molecule has 2 amide bonds. The van der Waals surface area contributed by atoms with Gasteiger partial charge in [-0.15, -0.1) is 0 Å². The fourth-order valence-corrected chi connectivity index (χ4v) is 3.51. The van der Waals surface area contributed by atoms with Gasteiger partial charge in [-0.1, -0.05) is 23.8 Å². The average molecular weight is 485 g/mol. The monoisotopic (exact) mass is 484 g/mol. The highest BCUT2D eigenvalue weighted by Gasteiger charge is 2.12. The number of urea groups is 1. The number of nitrogens with one attached hydrogen (secondary N) is 4. The van der Waals surface area contributed by atoms with Crippen LogP contribution in [0, 0.1) is 13.8 Å². The summed E-state index contributed by atoms with van der Waals surface area (Å²) in [5, 5.41) is 12.1. The van der Waals surface area contributed by atoms with Gasteiger partial charge in [0.1, 0.15) is 5.82 Å². The second-order valence-corrected chi connectivity index (χ2v) is 8.03. The number of carbonyl (C=O) groups excluding carboxylic acids is 1. The zero-order chi connectivity index (χ0) is 25.5. The number of aromatic nitrogens is 2. The molecular formula is C27H28N6O3. The molecule has 1 aromatic heterocycles. The number of hydrogen-bond donors (Lipinski definition) is 4. The highest BCUT2D eigenvalue weighted by molar-refractivity contribution is 6.01. The maximum absolute atomic E-state index is 12.5. The van der Waals surface area contributed by atoms with E-state index < -0.39 is 6.03 Å². The Morgan fingerprint density at radius 3 is 2.11 bits per heavy atom. The molecule has 0 spiro atoms. The molecule has 4 aromatic rings. The average Bonchev–Trinajstić information content (AvgIpc) is 2.86. The van der Waals surface area contributed by atoms with Crippen LogP contribution in [0.4, 0.5) is 39.3 Å². The molecule has 36 heavy (non-hydrogen) atoms. The number of anilines is 6. The Morgan fingerprint density at radius 2 is 1.42 bits per heavy atom. The first-order valence-electron chi connectivity index (χ1n) is 11.3. The van der Waals surface area contributed by atoms with Gasteiger partial charge >= 0.3 is 6.03 Å². The van der Waals surface area contributed by atoms with Crippen LogP contribution < -0.4 is 30.7 Å². The van der Waals surface area contributed by atoms with E-state index in [2.05, 4.69) is 31.2 Å². The van der Waals surface area contributed by atoms with Gasteiger partial charge in [0.25, 0.3) is 0 Å². The fourth-order valence-electron chi connectivity index (χ4n) is 3.51. The summed E-state index contributed by atoms with van der Waals surface area (Å²) in [5.74, 6) is 2.13. The van der Waals surface area contributed by atoms with E-state index in [4.69, 9.17) is 9.47 Å². The number of aryl methyl sites for hydroxylation is 2. The number of benzene rings is 3. The van der Waals surface area contributed by atoms with Gasteiger partial charge in [-0.2, -0.15) is 4.98 Å². The highest BCUT2D eigenvalue weighted by atomic mass is 16.5. The quantitative estimate of drug-likeness (QED) is 0.234. The number of carbonyl (C=O) groups is 1. The number of rotatable bonds is 8. The van der Waals surface area contributed by atoms with Gasteiger partial charge < -0.3 is 30.7 Å². The predicted molar refractivity (Wildman–Crippen MR) is 143 cm³/mol. The van der Waals surface area contributed by atoms with Crippen LogP contribution in [0.1, 0.15) is 11.3 Å². The maximum atomic E-state index is 12.5. The van der Waals surface area contributed by atoms with E-state index >= 15 is 0 Å². The number of methoxy groups -OCH3 is 2. The Morgan fingerprint density at radius 1 is 0.750 bits per heavy atom.